The third-order valence-corrected chi connectivity index (χ3v) is 9.42. The summed E-state index contributed by atoms with van der Waals surface area (Å²) in [6.45, 7) is 8.72. The zero-order chi connectivity index (χ0) is 30.4. The number of carbonyl (C=O) groups is 1. The van der Waals surface area contributed by atoms with Crippen molar-refractivity contribution in [2.24, 2.45) is 4.99 Å². The molecule has 0 saturated heterocycles. The van der Waals surface area contributed by atoms with Crippen molar-refractivity contribution in [3.05, 3.63) is 142 Å². The smallest absolute Gasteiger partial charge is 0.244 e. The molecule has 0 amide bonds. The molecule has 0 saturated carbocycles. The van der Waals surface area contributed by atoms with Gasteiger partial charge in [-0.3, -0.25) is 4.79 Å². The fraction of sp³-hybridized carbons (Fsp3) is 0.189. The van der Waals surface area contributed by atoms with Crippen molar-refractivity contribution in [2.45, 2.75) is 33.2 Å². The number of anilines is 1. The number of hydrogen-bond donors (Lipinski definition) is 2. The van der Waals surface area contributed by atoms with Gasteiger partial charge in [0.05, 0.1) is 12.1 Å². The molecule has 2 N–H and O–H groups in total. The highest BCUT2D eigenvalue weighted by atomic mass is 32.2. The van der Waals surface area contributed by atoms with Gasteiger partial charge < -0.3 is 10.4 Å². The minimum absolute atomic E-state index is 0.0619. The minimum atomic E-state index is -0.306. The number of carbonyl (C=O) groups excluding carboxylic acids is 1. The van der Waals surface area contributed by atoms with Crippen LogP contribution in [-0.4, -0.2) is 27.0 Å². The molecule has 1 aliphatic heterocycles. The maximum absolute atomic E-state index is 12.3. The Bertz CT molecular complexity index is 1690. The van der Waals surface area contributed by atoms with Gasteiger partial charge in [-0.25, -0.2) is 4.99 Å². The molecule has 5 rings (SSSR count). The fourth-order valence-electron chi connectivity index (χ4n) is 4.86. The average Bonchev–Trinajstić information content (AvgIpc) is 3.36. The summed E-state index contributed by atoms with van der Waals surface area (Å²) in [7, 11) is 0. The van der Waals surface area contributed by atoms with E-state index in [4.69, 9.17) is 5.11 Å². The number of thioether (sulfide) groups is 2. The normalized spacial score (nSPS) is 14.7. The lowest BCUT2D eigenvalue weighted by molar-refractivity contribution is -0.107. The molecule has 0 unspecified atom stereocenters. The predicted molar refractivity (Wildman–Crippen MR) is 186 cm³/mol. The lowest BCUT2D eigenvalue weighted by Crippen LogP contribution is -2.27. The van der Waals surface area contributed by atoms with Gasteiger partial charge in [-0.2, -0.15) is 0 Å². The molecule has 43 heavy (non-hydrogen) atoms. The van der Waals surface area contributed by atoms with E-state index < -0.39 is 0 Å². The monoisotopic (exact) mass is 604 g/mol. The topological polar surface area (TPSA) is 61.7 Å². The van der Waals surface area contributed by atoms with Crippen LogP contribution in [0.15, 0.2) is 108 Å². The molecule has 0 atom stereocenters. The lowest BCUT2D eigenvalue weighted by Gasteiger charge is -2.28. The van der Waals surface area contributed by atoms with Crippen molar-refractivity contribution in [3.8, 4) is 0 Å². The van der Waals surface area contributed by atoms with Crippen LogP contribution in [-0.2, 0) is 10.3 Å². The quantitative estimate of drug-likeness (QED) is 0.148. The van der Waals surface area contributed by atoms with Crippen molar-refractivity contribution in [3.63, 3.8) is 0 Å². The highest BCUT2D eigenvalue weighted by molar-refractivity contribution is 8.45. The lowest BCUT2D eigenvalue weighted by atomic mass is 9.91. The van der Waals surface area contributed by atoms with Gasteiger partial charge in [0.25, 0.3) is 0 Å². The Morgan fingerprint density at radius 1 is 0.884 bits per heavy atom. The standard InChI is InChI=1S/C37H36N2O2S2/c1-25-10-15-30(22-26(25)2)33(29-8-6-5-7-9-29)23-27-11-16-31(17-12-27)37(3,4)39-32-18-13-28(14-19-32)24-34-35(41)43-36(38-34)42-21-20-40/h5-19,22-24,39-40H,20-21H2,1-4H3/b33-23+,34-24-. The first-order valence-electron chi connectivity index (χ1n) is 14.3. The van der Waals surface area contributed by atoms with Crippen LogP contribution in [0.5, 0.6) is 0 Å². The van der Waals surface area contributed by atoms with Crippen molar-refractivity contribution >= 4 is 56.4 Å². The van der Waals surface area contributed by atoms with Crippen LogP contribution in [0.3, 0.4) is 0 Å². The van der Waals surface area contributed by atoms with Crippen molar-refractivity contribution < 1.29 is 9.90 Å². The van der Waals surface area contributed by atoms with E-state index in [1.165, 1.54) is 45.2 Å². The first-order valence-corrected chi connectivity index (χ1v) is 16.1. The average molecular weight is 605 g/mol. The van der Waals surface area contributed by atoms with E-state index in [2.05, 4.69) is 117 Å². The van der Waals surface area contributed by atoms with E-state index in [1.807, 2.05) is 30.3 Å². The van der Waals surface area contributed by atoms with Crippen LogP contribution in [0.1, 0.15) is 52.8 Å². The highest BCUT2D eigenvalue weighted by Crippen LogP contribution is 2.32. The Balaban J connectivity index is 1.32. The molecule has 0 fully saturated rings. The number of aliphatic hydroxyl groups is 1. The van der Waals surface area contributed by atoms with E-state index in [9.17, 15) is 4.79 Å². The van der Waals surface area contributed by atoms with E-state index in [0.717, 1.165) is 28.6 Å². The summed E-state index contributed by atoms with van der Waals surface area (Å²) in [6, 6.07) is 34.0. The third-order valence-electron chi connectivity index (χ3n) is 7.43. The summed E-state index contributed by atoms with van der Waals surface area (Å²) in [5.74, 6) is 0.532. The number of nitrogens with zero attached hydrogens (tertiary/aromatic N) is 1. The van der Waals surface area contributed by atoms with Crippen LogP contribution in [0, 0.1) is 13.8 Å². The number of benzene rings is 4. The van der Waals surface area contributed by atoms with Crippen molar-refractivity contribution in [1.82, 2.24) is 0 Å². The van der Waals surface area contributed by atoms with Gasteiger partial charge >= 0.3 is 0 Å². The molecule has 6 heteroatoms. The van der Waals surface area contributed by atoms with Gasteiger partial charge in [-0.15, -0.1) is 0 Å². The summed E-state index contributed by atoms with van der Waals surface area (Å²) in [4.78, 5) is 16.7. The SMILES string of the molecule is Cc1ccc(/C(=C/c2ccc(C(C)(C)Nc3ccc(/C=C4\N=C(SCCO)SC4=O)cc3)cc2)c2ccccc2)cc1C. The summed E-state index contributed by atoms with van der Waals surface area (Å²) >= 11 is 2.52. The molecule has 4 aromatic rings. The molecule has 0 aliphatic carbocycles. The Morgan fingerprint density at radius 3 is 2.26 bits per heavy atom. The molecule has 0 aromatic heterocycles. The molecule has 0 bridgehead atoms. The Morgan fingerprint density at radius 2 is 1.58 bits per heavy atom. The largest absolute Gasteiger partial charge is 0.396 e. The first-order chi connectivity index (χ1) is 20.7. The molecule has 4 nitrogen and oxygen atoms in total. The number of nitrogens with one attached hydrogen (secondary N) is 1. The minimum Gasteiger partial charge on any atom is -0.396 e. The zero-order valence-corrected chi connectivity index (χ0v) is 26.6. The summed E-state index contributed by atoms with van der Waals surface area (Å²) in [5.41, 5.74) is 10.6. The van der Waals surface area contributed by atoms with Crippen molar-refractivity contribution in [2.75, 3.05) is 17.7 Å². The Kier molecular flexibility index (Phi) is 9.71. The zero-order valence-electron chi connectivity index (χ0n) is 24.9. The van der Waals surface area contributed by atoms with E-state index in [1.54, 1.807) is 0 Å². The van der Waals surface area contributed by atoms with Crippen LogP contribution < -0.4 is 5.32 Å². The van der Waals surface area contributed by atoms with E-state index >= 15 is 0 Å². The maximum Gasteiger partial charge on any atom is 0.244 e. The molecule has 4 aromatic carbocycles. The number of aliphatic hydroxyl groups excluding tert-OH is 1. The van der Waals surface area contributed by atoms with Gasteiger partial charge in [0.1, 0.15) is 10.1 Å². The third kappa shape index (κ3) is 7.77. The van der Waals surface area contributed by atoms with Gasteiger partial charge in [-0.05, 0) is 108 Å². The predicted octanol–water partition coefficient (Wildman–Crippen LogP) is 8.94. The summed E-state index contributed by atoms with van der Waals surface area (Å²) < 4.78 is 0.688. The van der Waals surface area contributed by atoms with Gasteiger partial charge in [0, 0.05) is 11.4 Å². The van der Waals surface area contributed by atoms with E-state index in [-0.39, 0.29) is 17.3 Å². The molecule has 218 valence electrons. The van der Waals surface area contributed by atoms with Crippen LogP contribution >= 0.6 is 23.5 Å². The number of aliphatic imine (C=N–C) groups is 1. The first kappa shape index (κ1) is 30.6. The molecule has 0 radical (unpaired) electrons. The van der Waals surface area contributed by atoms with Gasteiger partial charge in [0.15, 0.2) is 0 Å². The second-order valence-corrected chi connectivity index (χ2v) is 13.4. The van der Waals surface area contributed by atoms with Crippen LogP contribution in [0.4, 0.5) is 5.69 Å². The Hall–Kier alpha value is -3.84. The van der Waals surface area contributed by atoms with Gasteiger partial charge in [-0.1, -0.05) is 96.7 Å². The van der Waals surface area contributed by atoms with Crippen LogP contribution in [0.25, 0.3) is 17.7 Å². The molecular formula is C37H36N2O2S2. The summed E-state index contributed by atoms with van der Waals surface area (Å²) in [6.07, 6.45) is 4.08. The fourth-order valence-corrected chi connectivity index (χ4v) is 6.51. The number of rotatable bonds is 9. The second-order valence-electron chi connectivity index (χ2n) is 11.1. The molecule has 0 spiro atoms. The number of aryl methyl sites for hydroxylation is 2. The maximum atomic E-state index is 12.3. The molecule has 1 aliphatic rings. The highest BCUT2D eigenvalue weighted by Gasteiger charge is 2.23. The van der Waals surface area contributed by atoms with Crippen molar-refractivity contribution in [1.29, 1.82) is 0 Å². The van der Waals surface area contributed by atoms with E-state index in [0.29, 0.717) is 15.8 Å². The van der Waals surface area contributed by atoms with Gasteiger partial charge in [0.2, 0.25) is 5.12 Å². The molecule has 1 heterocycles. The Labute approximate surface area is 263 Å². The molecular weight excluding hydrogens is 569 g/mol. The number of hydrogen-bond acceptors (Lipinski definition) is 6. The van der Waals surface area contributed by atoms with Crippen LogP contribution in [0.2, 0.25) is 0 Å². The summed E-state index contributed by atoms with van der Waals surface area (Å²) in [5, 5.41) is 12.6. The second kappa shape index (κ2) is 13.6.